The van der Waals surface area contributed by atoms with Crippen LogP contribution in [0.1, 0.15) is 22.8 Å². The fraction of sp³-hybridized carbons (Fsp3) is 0.308. The first-order valence-corrected chi connectivity index (χ1v) is 5.95. The van der Waals surface area contributed by atoms with Crippen LogP contribution in [-0.4, -0.2) is 31.1 Å². The number of carbonyl (C=O) groups is 3. The molecule has 0 heterocycles. The summed E-state index contributed by atoms with van der Waals surface area (Å²) in [7, 11) is 0. The SMILES string of the molecule is CCNC(=O)NC(=O)COC(=O)c1ccc(C)c(F)c1. The predicted molar refractivity (Wildman–Crippen MR) is 68.6 cm³/mol. The van der Waals surface area contributed by atoms with Gasteiger partial charge in [-0.05, 0) is 31.5 Å². The first-order chi connectivity index (χ1) is 9.43. The summed E-state index contributed by atoms with van der Waals surface area (Å²) >= 11 is 0. The van der Waals surface area contributed by atoms with E-state index in [1.807, 2.05) is 5.32 Å². The zero-order valence-corrected chi connectivity index (χ0v) is 11.2. The van der Waals surface area contributed by atoms with Crippen molar-refractivity contribution in [2.24, 2.45) is 0 Å². The van der Waals surface area contributed by atoms with Crippen LogP contribution < -0.4 is 10.6 Å². The zero-order valence-electron chi connectivity index (χ0n) is 11.2. The van der Waals surface area contributed by atoms with Crippen LogP contribution in [-0.2, 0) is 9.53 Å². The molecule has 0 radical (unpaired) electrons. The van der Waals surface area contributed by atoms with E-state index < -0.39 is 30.3 Å². The second-order valence-corrected chi connectivity index (χ2v) is 3.95. The Hall–Kier alpha value is -2.44. The van der Waals surface area contributed by atoms with Crippen molar-refractivity contribution in [3.63, 3.8) is 0 Å². The second kappa shape index (κ2) is 7.22. The Morgan fingerprint density at radius 1 is 1.30 bits per heavy atom. The average molecular weight is 282 g/mol. The van der Waals surface area contributed by atoms with Crippen molar-refractivity contribution in [2.75, 3.05) is 13.2 Å². The average Bonchev–Trinajstić information content (AvgIpc) is 2.39. The van der Waals surface area contributed by atoms with Gasteiger partial charge in [-0.2, -0.15) is 0 Å². The molecule has 20 heavy (non-hydrogen) atoms. The molecule has 1 aromatic carbocycles. The molecule has 0 spiro atoms. The highest BCUT2D eigenvalue weighted by atomic mass is 19.1. The van der Waals surface area contributed by atoms with Crippen molar-refractivity contribution in [1.29, 1.82) is 0 Å². The fourth-order valence-electron chi connectivity index (χ4n) is 1.30. The van der Waals surface area contributed by atoms with Gasteiger partial charge in [0, 0.05) is 6.54 Å². The summed E-state index contributed by atoms with van der Waals surface area (Å²) < 4.78 is 17.9. The molecule has 108 valence electrons. The second-order valence-electron chi connectivity index (χ2n) is 3.95. The molecule has 1 aromatic rings. The Balaban J connectivity index is 2.48. The third-order valence-corrected chi connectivity index (χ3v) is 2.33. The van der Waals surface area contributed by atoms with Gasteiger partial charge in [0.05, 0.1) is 5.56 Å². The number of ether oxygens (including phenoxy) is 1. The van der Waals surface area contributed by atoms with Crippen LogP contribution in [0, 0.1) is 12.7 Å². The van der Waals surface area contributed by atoms with Crippen molar-refractivity contribution in [1.82, 2.24) is 10.6 Å². The number of hydrogen-bond acceptors (Lipinski definition) is 4. The number of rotatable bonds is 4. The third kappa shape index (κ3) is 4.68. The first kappa shape index (κ1) is 15.6. The van der Waals surface area contributed by atoms with Crippen molar-refractivity contribution in [2.45, 2.75) is 13.8 Å². The highest BCUT2D eigenvalue weighted by molar-refractivity contribution is 5.96. The number of carbonyl (C=O) groups excluding carboxylic acids is 3. The maximum atomic E-state index is 13.3. The number of urea groups is 1. The van der Waals surface area contributed by atoms with Crippen LogP contribution in [0.15, 0.2) is 18.2 Å². The number of benzene rings is 1. The molecule has 0 saturated heterocycles. The van der Waals surface area contributed by atoms with Crippen LogP contribution in [0.3, 0.4) is 0 Å². The smallest absolute Gasteiger partial charge is 0.338 e. The van der Waals surface area contributed by atoms with Gasteiger partial charge in [-0.15, -0.1) is 0 Å². The van der Waals surface area contributed by atoms with Crippen molar-refractivity contribution in [3.05, 3.63) is 35.1 Å². The Kier molecular flexibility index (Phi) is 5.64. The van der Waals surface area contributed by atoms with Gasteiger partial charge in [0.2, 0.25) is 0 Å². The van der Waals surface area contributed by atoms with E-state index in [1.54, 1.807) is 13.8 Å². The largest absolute Gasteiger partial charge is 0.452 e. The summed E-state index contributed by atoms with van der Waals surface area (Å²) in [6.45, 7) is 2.99. The number of nitrogens with one attached hydrogen (secondary N) is 2. The van der Waals surface area contributed by atoms with Gasteiger partial charge in [-0.1, -0.05) is 6.07 Å². The predicted octanol–water partition coefficient (Wildman–Crippen LogP) is 1.14. The van der Waals surface area contributed by atoms with E-state index in [2.05, 4.69) is 10.1 Å². The van der Waals surface area contributed by atoms with Crippen LogP contribution in [0.2, 0.25) is 0 Å². The van der Waals surface area contributed by atoms with Crippen molar-refractivity contribution >= 4 is 17.9 Å². The number of aryl methyl sites for hydroxylation is 1. The number of esters is 1. The van der Waals surface area contributed by atoms with Gasteiger partial charge in [0.1, 0.15) is 5.82 Å². The molecule has 0 atom stereocenters. The van der Waals surface area contributed by atoms with Crippen LogP contribution >= 0.6 is 0 Å². The van der Waals surface area contributed by atoms with Gasteiger partial charge in [0.15, 0.2) is 6.61 Å². The zero-order chi connectivity index (χ0) is 15.1. The van der Waals surface area contributed by atoms with Gasteiger partial charge in [-0.3, -0.25) is 10.1 Å². The lowest BCUT2D eigenvalue weighted by atomic mass is 10.1. The van der Waals surface area contributed by atoms with Crippen LogP contribution in [0.25, 0.3) is 0 Å². The monoisotopic (exact) mass is 282 g/mol. The van der Waals surface area contributed by atoms with Crippen molar-refractivity contribution < 1.29 is 23.5 Å². The molecule has 0 fully saturated rings. The van der Waals surface area contributed by atoms with E-state index >= 15 is 0 Å². The molecule has 0 unspecified atom stereocenters. The molecule has 0 saturated carbocycles. The molecule has 1 rings (SSSR count). The van der Waals surface area contributed by atoms with Gasteiger partial charge in [-0.25, -0.2) is 14.0 Å². The lowest BCUT2D eigenvalue weighted by Crippen LogP contribution is -2.41. The van der Waals surface area contributed by atoms with Gasteiger partial charge >= 0.3 is 12.0 Å². The first-order valence-electron chi connectivity index (χ1n) is 5.95. The minimum absolute atomic E-state index is 0.00101. The van der Waals surface area contributed by atoms with Gasteiger partial charge < -0.3 is 10.1 Å². The van der Waals surface area contributed by atoms with Crippen LogP contribution in [0.4, 0.5) is 9.18 Å². The quantitative estimate of drug-likeness (QED) is 0.811. The Morgan fingerprint density at radius 2 is 2.00 bits per heavy atom. The molecule has 0 aliphatic carbocycles. The standard InChI is InChI=1S/C13H15FN2O4/c1-3-15-13(19)16-11(17)7-20-12(18)9-5-4-8(2)10(14)6-9/h4-6H,3,7H2,1-2H3,(H2,15,16,17,19). The molecule has 0 aromatic heterocycles. The summed E-state index contributed by atoms with van der Waals surface area (Å²) in [5.41, 5.74) is 0.398. The molecule has 0 bridgehead atoms. The molecule has 7 heteroatoms. The molecule has 6 nitrogen and oxygen atoms in total. The van der Waals surface area contributed by atoms with E-state index in [0.717, 1.165) is 6.07 Å². The normalized spacial score (nSPS) is 9.75. The molecular formula is C13H15FN2O4. The maximum Gasteiger partial charge on any atom is 0.338 e. The minimum atomic E-state index is -0.838. The van der Waals surface area contributed by atoms with Crippen LogP contribution in [0.5, 0.6) is 0 Å². The number of halogens is 1. The summed E-state index contributed by atoms with van der Waals surface area (Å²) in [6, 6.07) is 3.18. The molecule has 2 N–H and O–H groups in total. The van der Waals surface area contributed by atoms with Crippen molar-refractivity contribution in [3.8, 4) is 0 Å². The number of amides is 3. The molecule has 3 amide bonds. The third-order valence-electron chi connectivity index (χ3n) is 2.33. The summed E-state index contributed by atoms with van der Waals surface area (Å²) in [5.74, 6) is -2.14. The van der Waals surface area contributed by atoms with E-state index in [4.69, 9.17) is 0 Å². The highest BCUT2D eigenvalue weighted by Gasteiger charge is 2.13. The van der Waals surface area contributed by atoms with E-state index in [9.17, 15) is 18.8 Å². The van der Waals surface area contributed by atoms with E-state index in [-0.39, 0.29) is 5.56 Å². The Morgan fingerprint density at radius 3 is 2.60 bits per heavy atom. The number of imide groups is 1. The van der Waals surface area contributed by atoms with E-state index in [0.29, 0.717) is 12.1 Å². The molecule has 0 aliphatic heterocycles. The molecular weight excluding hydrogens is 267 g/mol. The highest BCUT2D eigenvalue weighted by Crippen LogP contribution is 2.10. The van der Waals surface area contributed by atoms with Gasteiger partial charge in [0.25, 0.3) is 5.91 Å². The maximum absolute atomic E-state index is 13.3. The van der Waals surface area contributed by atoms with E-state index in [1.165, 1.54) is 12.1 Å². The minimum Gasteiger partial charge on any atom is -0.452 e. The lowest BCUT2D eigenvalue weighted by Gasteiger charge is -2.06. The Labute approximate surface area is 115 Å². The fourth-order valence-corrected chi connectivity index (χ4v) is 1.30. The number of hydrogen-bond donors (Lipinski definition) is 2. The lowest BCUT2D eigenvalue weighted by molar-refractivity contribution is -0.123. The topological polar surface area (TPSA) is 84.5 Å². The summed E-state index contributed by atoms with van der Waals surface area (Å²) in [6.07, 6.45) is 0. The molecule has 0 aliphatic rings. The Bertz CT molecular complexity index is 531. The summed E-state index contributed by atoms with van der Waals surface area (Å²) in [4.78, 5) is 33.8. The summed E-state index contributed by atoms with van der Waals surface area (Å²) in [5, 5.41) is 4.32.